The number of piperidine rings is 1. The normalized spacial score (nSPS) is 16.4. The third kappa shape index (κ3) is 4.24. The first-order valence-electron chi connectivity index (χ1n) is 7.64. The van der Waals surface area contributed by atoms with Crippen molar-refractivity contribution in [3.8, 4) is 5.75 Å². The second-order valence-corrected chi connectivity index (χ2v) is 7.61. The van der Waals surface area contributed by atoms with Gasteiger partial charge in [-0.1, -0.05) is 41.2 Å². The number of benzene rings is 1. The Balaban J connectivity index is 2.11. The van der Waals surface area contributed by atoms with E-state index >= 15 is 0 Å². The van der Waals surface area contributed by atoms with E-state index in [-0.39, 0.29) is 31.9 Å². The minimum atomic E-state index is -0.484. The highest BCUT2D eigenvalue weighted by Crippen LogP contribution is 2.38. The first-order chi connectivity index (χ1) is 10.7. The number of rotatable bonds is 4. The van der Waals surface area contributed by atoms with Gasteiger partial charge in [-0.05, 0) is 45.8 Å². The molecule has 0 bridgehead atoms. The Morgan fingerprint density at radius 3 is 2.43 bits per heavy atom. The number of phenols is 1. The second kappa shape index (κ2) is 7.47. The van der Waals surface area contributed by atoms with Gasteiger partial charge in [-0.25, -0.2) is 0 Å². The van der Waals surface area contributed by atoms with E-state index in [4.69, 9.17) is 34.8 Å². The highest BCUT2D eigenvalue weighted by Gasteiger charge is 2.29. The van der Waals surface area contributed by atoms with Gasteiger partial charge in [0.05, 0.1) is 15.1 Å². The summed E-state index contributed by atoms with van der Waals surface area (Å²) in [6.45, 7) is 6.66. The number of nitrogens with zero attached hydrogens (tertiary/aromatic N) is 1. The van der Waals surface area contributed by atoms with Gasteiger partial charge in [0.2, 0.25) is 0 Å². The van der Waals surface area contributed by atoms with Crippen molar-refractivity contribution >= 4 is 40.7 Å². The molecule has 7 heteroatoms. The maximum Gasteiger partial charge on any atom is 0.256 e. The van der Waals surface area contributed by atoms with E-state index in [1.54, 1.807) is 0 Å². The van der Waals surface area contributed by atoms with Crippen LogP contribution in [0.5, 0.6) is 5.75 Å². The van der Waals surface area contributed by atoms with Crippen molar-refractivity contribution < 1.29 is 9.90 Å². The lowest BCUT2D eigenvalue weighted by Gasteiger charge is -2.41. The second-order valence-electron chi connectivity index (χ2n) is 6.42. The minimum absolute atomic E-state index is 0.000147. The first-order valence-corrected chi connectivity index (χ1v) is 8.77. The molecule has 0 saturated carbocycles. The molecule has 23 heavy (non-hydrogen) atoms. The summed E-state index contributed by atoms with van der Waals surface area (Å²) in [7, 11) is 0. The van der Waals surface area contributed by atoms with Crippen molar-refractivity contribution in [2.45, 2.75) is 38.6 Å². The summed E-state index contributed by atoms with van der Waals surface area (Å²) in [6, 6.07) is 1.31. The lowest BCUT2D eigenvalue weighted by Crippen LogP contribution is -2.53. The zero-order valence-corrected chi connectivity index (χ0v) is 15.5. The van der Waals surface area contributed by atoms with E-state index in [1.807, 2.05) is 0 Å². The lowest BCUT2D eigenvalue weighted by molar-refractivity contribution is 0.0796. The van der Waals surface area contributed by atoms with Gasteiger partial charge < -0.3 is 10.4 Å². The predicted molar refractivity (Wildman–Crippen MR) is 95.0 cm³/mol. The van der Waals surface area contributed by atoms with Crippen LogP contribution in [0.25, 0.3) is 0 Å². The van der Waals surface area contributed by atoms with Gasteiger partial charge in [0, 0.05) is 12.1 Å². The number of hydrogen-bond acceptors (Lipinski definition) is 3. The van der Waals surface area contributed by atoms with Crippen LogP contribution in [0.2, 0.25) is 15.1 Å². The molecule has 128 valence electrons. The van der Waals surface area contributed by atoms with Crippen molar-refractivity contribution in [3.63, 3.8) is 0 Å². The first kappa shape index (κ1) is 18.7. The molecular formula is C16H21Cl3N2O2. The van der Waals surface area contributed by atoms with E-state index < -0.39 is 5.91 Å². The van der Waals surface area contributed by atoms with Crippen LogP contribution in [0.3, 0.4) is 0 Å². The molecule has 0 unspecified atom stereocenters. The molecule has 0 atom stereocenters. The molecule has 1 heterocycles. The largest absolute Gasteiger partial charge is 0.505 e. The van der Waals surface area contributed by atoms with Crippen molar-refractivity contribution in [3.05, 3.63) is 26.7 Å². The fourth-order valence-electron chi connectivity index (χ4n) is 2.79. The molecule has 0 radical (unpaired) electrons. The molecule has 0 aliphatic carbocycles. The topological polar surface area (TPSA) is 52.6 Å². The van der Waals surface area contributed by atoms with Gasteiger partial charge in [-0.15, -0.1) is 0 Å². The molecule has 1 aromatic carbocycles. The van der Waals surface area contributed by atoms with E-state index in [2.05, 4.69) is 24.1 Å². The van der Waals surface area contributed by atoms with Gasteiger partial charge in [0.1, 0.15) is 11.3 Å². The zero-order chi connectivity index (χ0) is 17.2. The predicted octanol–water partition coefficient (Wildman–Crippen LogP) is 4.35. The van der Waals surface area contributed by atoms with Crippen molar-refractivity contribution in [1.82, 2.24) is 10.2 Å². The monoisotopic (exact) mass is 378 g/mol. The third-order valence-electron chi connectivity index (χ3n) is 4.27. The fraction of sp³-hybridized carbons (Fsp3) is 0.562. The number of nitrogens with one attached hydrogen (secondary N) is 1. The quantitative estimate of drug-likeness (QED) is 0.765. The molecule has 1 saturated heterocycles. The highest BCUT2D eigenvalue weighted by atomic mass is 35.5. The standard InChI is InChI=1S/C16H21Cl3N2O2/c1-16(2,21-6-4-3-5-7-21)9-20-15(23)12-13(19)10(17)8-11(18)14(12)22/h8,22H,3-7,9H2,1-2H3,(H,20,23). The summed E-state index contributed by atoms with van der Waals surface area (Å²) in [6.07, 6.45) is 3.60. The number of carbonyl (C=O) groups excluding carboxylic acids is 1. The molecule has 4 nitrogen and oxygen atoms in total. The van der Waals surface area contributed by atoms with Crippen LogP contribution in [0.15, 0.2) is 6.07 Å². The van der Waals surface area contributed by atoms with Crippen LogP contribution in [-0.2, 0) is 0 Å². The highest BCUT2D eigenvalue weighted by molar-refractivity contribution is 6.45. The van der Waals surface area contributed by atoms with Crippen LogP contribution in [0, 0.1) is 0 Å². The summed E-state index contributed by atoms with van der Waals surface area (Å²) in [4.78, 5) is 14.8. The zero-order valence-electron chi connectivity index (χ0n) is 13.3. The number of carbonyl (C=O) groups is 1. The molecule has 1 amide bonds. The number of phenolic OH excluding ortho intramolecular Hbond substituents is 1. The SMILES string of the molecule is CC(C)(CNC(=O)c1c(O)c(Cl)cc(Cl)c1Cl)N1CCCCC1. The van der Waals surface area contributed by atoms with Crippen LogP contribution < -0.4 is 5.32 Å². The number of amides is 1. The maximum absolute atomic E-state index is 12.4. The molecule has 1 fully saturated rings. The molecule has 0 aromatic heterocycles. The van der Waals surface area contributed by atoms with Gasteiger partial charge in [0.15, 0.2) is 0 Å². The molecule has 0 spiro atoms. The number of halogens is 3. The van der Waals surface area contributed by atoms with Crippen LogP contribution in [-0.4, -0.2) is 41.1 Å². The summed E-state index contributed by atoms with van der Waals surface area (Å²) in [5, 5.41) is 13.0. The van der Waals surface area contributed by atoms with E-state index in [1.165, 1.54) is 25.3 Å². The van der Waals surface area contributed by atoms with Gasteiger partial charge in [-0.3, -0.25) is 9.69 Å². The number of aromatic hydroxyl groups is 1. The van der Waals surface area contributed by atoms with Gasteiger partial charge >= 0.3 is 0 Å². The Morgan fingerprint density at radius 1 is 1.22 bits per heavy atom. The molecule has 1 aliphatic rings. The fourth-order valence-corrected chi connectivity index (χ4v) is 3.48. The van der Waals surface area contributed by atoms with Gasteiger partial charge in [-0.2, -0.15) is 0 Å². The Hall–Kier alpha value is -0.680. The average molecular weight is 380 g/mol. The molecule has 2 rings (SSSR count). The summed E-state index contributed by atoms with van der Waals surface area (Å²) < 4.78 is 0. The van der Waals surface area contributed by atoms with Crippen LogP contribution in [0.1, 0.15) is 43.5 Å². The van der Waals surface area contributed by atoms with Crippen molar-refractivity contribution in [2.75, 3.05) is 19.6 Å². The lowest BCUT2D eigenvalue weighted by atomic mass is 9.98. The third-order valence-corrected chi connectivity index (χ3v) is 5.34. The summed E-state index contributed by atoms with van der Waals surface area (Å²) in [5.41, 5.74) is -0.265. The summed E-state index contributed by atoms with van der Waals surface area (Å²) in [5.74, 6) is -0.837. The van der Waals surface area contributed by atoms with Crippen LogP contribution in [0.4, 0.5) is 0 Å². The Kier molecular flexibility index (Phi) is 6.06. The van der Waals surface area contributed by atoms with E-state index in [0.717, 1.165) is 13.1 Å². The molecule has 2 N–H and O–H groups in total. The smallest absolute Gasteiger partial charge is 0.256 e. The van der Waals surface area contributed by atoms with E-state index in [0.29, 0.717) is 6.54 Å². The molecule has 1 aliphatic heterocycles. The Labute approximate surface area is 151 Å². The Morgan fingerprint density at radius 2 is 1.83 bits per heavy atom. The molecule has 1 aromatic rings. The Bertz CT molecular complexity index is 573. The molecular weight excluding hydrogens is 359 g/mol. The van der Waals surface area contributed by atoms with Gasteiger partial charge in [0.25, 0.3) is 5.91 Å². The minimum Gasteiger partial charge on any atom is -0.505 e. The average Bonchev–Trinajstić information content (AvgIpc) is 2.52. The number of likely N-dealkylation sites (tertiary alicyclic amines) is 1. The van der Waals surface area contributed by atoms with Crippen molar-refractivity contribution in [2.24, 2.45) is 0 Å². The maximum atomic E-state index is 12.4. The summed E-state index contributed by atoms with van der Waals surface area (Å²) >= 11 is 17.8. The number of hydrogen-bond donors (Lipinski definition) is 2. The van der Waals surface area contributed by atoms with Crippen molar-refractivity contribution in [1.29, 1.82) is 0 Å². The van der Waals surface area contributed by atoms with E-state index in [9.17, 15) is 9.90 Å². The van der Waals surface area contributed by atoms with Crippen LogP contribution >= 0.6 is 34.8 Å².